The third kappa shape index (κ3) is 3.87. The van der Waals surface area contributed by atoms with Crippen LogP contribution >= 0.6 is 0 Å². The fourth-order valence-corrected chi connectivity index (χ4v) is 3.35. The molecule has 6 nitrogen and oxygen atoms in total. The minimum atomic E-state index is -0.906. The van der Waals surface area contributed by atoms with Gasteiger partial charge in [-0.25, -0.2) is 9.59 Å². The van der Waals surface area contributed by atoms with E-state index in [2.05, 4.69) is 0 Å². The first kappa shape index (κ1) is 18.8. The molecule has 1 N–H and O–H groups in total. The van der Waals surface area contributed by atoms with Crippen molar-refractivity contribution in [2.75, 3.05) is 0 Å². The maximum Gasteiger partial charge on any atom is 0.336 e. The van der Waals surface area contributed by atoms with Gasteiger partial charge in [-0.1, -0.05) is 12.1 Å². The maximum absolute atomic E-state index is 12.3. The van der Waals surface area contributed by atoms with E-state index in [0.29, 0.717) is 17.8 Å². The lowest BCUT2D eigenvalue weighted by Crippen LogP contribution is -2.43. The molecule has 0 saturated heterocycles. The fourth-order valence-electron chi connectivity index (χ4n) is 3.35. The highest BCUT2D eigenvalue weighted by Crippen LogP contribution is 2.38. The van der Waals surface area contributed by atoms with Crippen molar-refractivity contribution in [1.82, 2.24) is 0 Å². The van der Waals surface area contributed by atoms with Gasteiger partial charge >= 0.3 is 11.6 Å². The van der Waals surface area contributed by atoms with Crippen LogP contribution in [0.1, 0.15) is 25.0 Å². The summed E-state index contributed by atoms with van der Waals surface area (Å²) < 4.78 is 17.0. The number of hydrogen-bond donors (Lipinski definition) is 1. The van der Waals surface area contributed by atoms with Crippen molar-refractivity contribution in [1.29, 1.82) is 0 Å². The molecule has 3 aromatic rings. The molecule has 0 saturated carbocycles. The van der Waals surface area contributed by atoms with Crippen molar-refractivity contribution in [3.63, 3.8) is 0 Å². The van der Waals surface area contributed by atoms with E-state index in [0.717, 1.165) is 16.5 Å². The number of phenolic OH excluding ortho intramolecular Hbond substituents is 1. The molecule has 0 unspecified atom stereocenters. The molecule has 0 fully saturated rings. The molecular weight excluding hydrogens is 372 g/mol. The molecule has 2 aromatic carbocycles. The van der Waals surface area contributed by atoms with Crippen LogP contribution in [0.2, 0.25) is 0 Å². The number of fused-ring (bicyclic) bond motifs is 3. The predicted molar refractivity (Wildman–Crippen MR) is 108 cm³/mol. The summed E-state index contributed by atoms with van der Waals surface area (Å²) in [6.07, 6.45) is 3.00. The number of aromatic hydroxyl groups is 1. The number of rotatable bonds is 4. The van der Waals surface area contributed by atoms with Crippen LogP contribution in [-0.4, -0.2) is 22.8 Å². The van der Waals surface area contributed by atoms with E-state index in [-0.39, 0.29) is 5.75 Å². The molecular formula is C23H20O6. The fraction of sp³-hybridized carbons (Fsp3) is 0.217. The number of carbonyl (C=O) groups is 1. The Hall–Kier alpha value is -3.54. The molecule has 29 heavy (non-hydrogen) atoms. The summed E-state index contributed by atoms with van der Waals surface area (Å²) >= 11 is 0. The third-order valence-corrected chi connectivity index (χ3v) is 4.95. The van der Waals surface area contributed by atoms with E-state index in [1.165, 1.54) is 12.1 Å². The zero-order valence-electron chi connectivity index (χ0n) is 16.0. The molecule has 1 atom stereocenters. The van der Waals surface area contributed by atoms with E-state index in [1.54, 1.807) is 50.3 Å². The molecule has 1 aliphatic heterocycles. The van der Waals surface area contributed by atoms with Crippen molar-refractivity contribution >= 4 is 23.0 Å². The Morgan fingerprint density at radius 1 is 1.14 bits per heavy atom. The first-order chi connectivity index (χ1) is 13.8. The normalized spacial score (nSPS) is 16.0. The first-order valence-corrected chi connectivity index (χ1v) is 9.24. The molecule has 1 aliphatic rings. The van der Waals surface area contributed by atoms with E-state index in [4.69, 9.17) is 13.9 Å². The molecule has 4 rings (SSSR count). The summed E-state index contributed by atoms with van der Waals surface area (Å²) in [4.78, 5) is 23.9. The van der Waals surface area contributed by atoms with Gasteiger partial charge in [-0.3, -0.25) is 0 Å². The van der Waals surface area contributed by atoms with Crippen LogP contribution in [0.4, 0.5) is 0 Å². The van der Waals surface area contributed by atoms with Gasteiger partial charge in [0, 0.05) is 29.5 Å². The minimum Gasteiger partial charge on any atom is -0.508 e. The topological polar surface area (TPSA) is 86.0 Å². The molecule has 2 heterocycles. The Labute approximate surface area is 167 Å². The van der Waals surface area contributed by atoms with Crippen LogP contribution in [-0.2, 0) is 16.0 Å². The number of hydrogen-bond acceptors (Lipinski definition) is 6. The summed E-state index contributed by atoms with van der Waals surface area (Å²) in [6, 6.07) is 13.2. The predicted octanol–water partition coefficient (Wildman–Crippen LogP) is 3.84. The highest BCUT2D eigenvalue weighted by atomic mass is 16.6. The monoisotopic (exact) mass is 392 g/mol. The molecule has 0 amide bonds. The molecule has 0 bridgehead atoms. The Morgan fingerprint density at radius 2 is 1.86 bits per heavy atom. The van der Waals surface area contributed by atoms with Gasteiger partial charge in [0.15, 0.2) is 0 Å². The number of carbonyl (C=O) groups excluding carboxylic acids is 1. The first-order valence-electron chi connectivity index (χ1n) is 9.24. The lowest BCUT2D eigenvalue weighted by molar-refractivity contribution is -0.158. The lowest BCUT2D eigenvalue weighted by Gasteiger charge is -2.30. The van der Waals surface area contributed by atoms with Gasteiger partial charge in [0.05, 0.1) is 0 Å². The van der Waals surface area contributed by atoms with Gasteiger partial charge in [0.2, 0.25) is 0 Å². The highest BCUT2D eigenvalue weighted by molar-refractivity contribution is 5.87. The maximum atomic E-state index is 12.3. The summed E-state index contributed by atoms with van der Waals surface area (Å²) in [6.45, 7) is 3.57. The van der Waals surface area contributed by atoms with Gasteiger partial charge in [-0.05, 0) is 55.8 Å². The quantitative estimate of drug-likeness (QED) is 0.412. The standard InChI is InChI=1S/C23H20O6/c1-23(2,29-21(26)11-5-14-3-8-16(24)9-4-14)19-13-17-18(27-19)10-6-15-7-12-20(25)28-22(15)17/h3-12,19,24H,13H2,1-2H3/t19-/m0/s1. The molecule has 6 heteroatoms. The molecule has 0 spiro atoms. The van der Waals surface area contributed by atoms with Crippen LogP contribution in [0.25, 0.3) is 17.0 Å². The zero-order chi connectivity index (χ0) is 20.6. The average Bonchev–Trinajstić information content (AvgIpc) is 3.13. The summed E-state index contributed by atoms with van der Waals surface area (Å²) in [5.74, 6) is 0.284. The molecule has 148 valence electrons. The third-order valence-electron chi connectivity index (χ3n) is 4.95. The summed E-state index contributed by atoms with van der Waals surface area (Å²) in [5.41, 5.74) is 0.750. The van der Waals surface area contributed by atoms with Crippen molar-refractivity contribution < 1.29 is 23.8 Å². The van der Waals surface area contributed by atoms with E-state index >= 15 is 0 Å². The van der Waals surface area contributed by atoms with Crippen molar-refractivity contribution in [3.05, 3.63) is 76.2 Å². The summed E-state index contributed by atoms with van der Waals surface area (Å²) in [7, 11) is 0. The minimum absolute atomic E-state index is 0.159. The number of ether oxygens (including phenoxy) is 2. The van der Waals surface area contributed by atoms with Crippen molar-refractivity contribution in [3.8, 4) is 11.5 Å². The summed E-state index contributed by atoms with van der Waals surface area (Å²) in [5, 5.41) is 10.1. The zero-order valence-corrected chi connectivity index (χ0v) is 16.0. The van der Waals surface area contributed by atoms with E-state index < -0.39 is 23.3 Å². The average molecular weight is 392 g/mol. The Bertz CT molecular complexity index is 1150. The number of phenols is 1. The Balaban J connectivity index is 1.49. The number of esters is 1. The molecule has 0 aliphatic carbocycles. The van der Waals surface area contributed by atoms with Crippen LogP contribution in [0.15, 0.2) is 63.8 Å². The van der Waals surface area contributed by atoms with Gasteiger partial charge in [-0.15, -0.1) is 0 Å². The van der Waals surface area contributed by atoms with E-state index in [9.17, 15) is 14.7 Å². The van der Waals surface area contributed by atoms with Crippen molar-refractivity contribution in [2.24, 2.45) is 0 Å². The largest absolute Gasteiger partial charge is 0.508 e. The molecule has 1 aromatic heterocycles. The van der Waals surface area contributed by atoms with Gasteiger partial charge < -0.3 is 19.0 Å². The second kappa shape index (κ2) is 7.13. The van der Waals surface area contributed by atoms with Crippen LogP contribution < -0.4 is 10.4 Å². The van der Waals surface area contributed by atoms with Gasteiger partial charge in [0.1, 0.15) is 28.8 Å². The molecule has 0 radical (unpaired) electrons. The SMILES string of the molecule is CC(C)(OC(=O)C=Cc1ccc(O)cc1)[C@@H]1Cc2c(ccc3ccc(=O)oc23)O1. The highest BCUT2D eigenvalue weighted by Gasteiger charge is 2.40. The number of benzene rings is 2. The van der Waals surface area contributed by atoms with E-state index in [1.807, 2.05) is 12.1 Å². The van der Waals surface area contributed by atoms with Crippen LogP contribution in [0, 0.1) is 0 Å². The Kier molecular flexibility index (Phi) is 4.62. The lowest BCUT2D eigenvalue weighted by atomic mass is 9.96. The second-order valence-electron chi connectivity index (χ2n) is 7.48. The van der Waals surface area contributed by atoms with Crippen molar-refractivity contribution in [2.45, 2.75) is 32.0 Å². The second-order valence-corrected chi connectivity index (χ2v) is 7.48. The van der Waals surface area contributed by atoms with Crippen LogP contribution in [0.3, 0.4) is 0 Å². The van der Waals surface area contributed by atoms with Gasteiger partial charge in [0.25, 0.3) is 0 Å². The van der Waals surface area contributed by atoms with Gasteiger partial charge in [-0.2, -0.15) is 0 Å². The smallest absolute Gasteiger partial charge is 0.336 e. The Morgan fingerprint density at radius 3 is 2.62 bits per heavy atom. The van der Waals surface area contributed by atoms with Crippen LogP contribution in [0.5, 0.6) is 11.5 Å².